The Hall–Kier alpha value is -1.14. The molecular formula is C15H13ClINO2. The number of ether oxygens (including phenoxy) is 2. The van der Waals surface area contributed by atoms with E-state index in [1.807, 2.05) is 36.4 Å². The lowest BCUT2D eigenvalue weighted by atomic mass is 10.2. The summed E-state index contributed by atoms with van der Waals surface area (Å²) in [7, 11) is 0. The Kier molecular flexibility index (Phi) is 4.21. The van der Waals surface area contributed by atoms with Gasteiger partial charge in [-0.25, -0.2) is 0 Å². The normalized spacial score (nSPS) is 13.1. The largest absolute Gasteiger partial charge is 0.486 e. The van der Waals surface area contributed by atoms with E-state index in [4.69, 9.17) is 21.1 Å². The van der Waals surface area contributed by atoms with E-state index in [9.17, 15) is 0 Å². The molecule has 0 spiro atoms. The Morgan fingerprint density at radius 1 is 1.05 bits per heavy atom. The third kappa shape index (κ3) is 3.12. The molecule has 1 heterocycles. The van der Waals surface area contributed by atoms with Crippen LogP contribution >= 0.6 is 34.2 Å². The Balaban J connectivity index is 1.72. The quantitative estimate of drug-likeness (QED) is 0.777. The smallest absolute Gasteiger partial charge is 0.161 e. The van der Waals surface area contributed by atoms with Crippen molar-refractivity contribution in [1.82, 2.24) is 0 Å². The Bertz CT molecular complexity index is 633. The summed E-state index contributed by atoms with van der Waals surface area (Å²) in [5.74, 6) is 1.62. The Morgan fingerprint density at radius 3 is 2.65 bits per heavy atom. The molecule has 1 aliphatic rings. The number of anilines is 1. The van der Waals surface area contributed by atoms with E-state index in [2.05, 4.69) is 27.9 Å². The molecule has 0 aromatic heterocycles. The highest BCUT2D eigenvalue weighted by atomic mass is 127. The van der Waals surface area contributed by atoms with Crippen LogP contribution in [0.2, 0.25) is 5.02 Å². The van der Waals surface area contributed by atoms with Gasteiger partial charge in [-0.3, -0.25) is 0 Å². The second-order valence-corrected chi connectivity index (χ2v) is 6.11. The lowest BCUT2D eigenvalue weighted by molar-refractivity contribution is 0.171. The molecule has 3 rings (SSSR count). The first-order chi connectivity index (χ1) is 9.72. The lowest BCUT2D eigenvalue weighted by Crippen LogP contribution is -2.15. The topological polar surface area (TPSA) is 30.5 Å². The molecule has 2 aromatic carbocycles. The van der Waals surface area contributed by atoms with Crippen molar-refractivity contribution in [2.45, 2.75) is 6.54 Å². The van der Waals surface area contributed by atoms with Crippen LogP contribution in [0.5, 0.6) is 11.5 Å². The molecule has 3 nitrogen and oxygen atoms in total. The van der Waals surface area contributed by atoms with Gasteiger partial charge in [0.25, 0.3) is 0 Å². The van der Waals surface area contributed by atoms with Crippen molar-refractivity contribution < 1.29 is 9.47 Å². The molecule has 0 aliphatic carbocycles. The maximum Gasteiger partial charge on any atom is 0.161 e. The van der Waals surface area contributed by atoms with E-state index in [1.54, 1.807) is 0 Å². The molecule has 0 amide bonds. The van der Waals surface area contributed by atoms with Gasteiger partial charge in [-0.1, -0.05) is 17.7 Å². The standard InChI is InChI=1S/C15H13ClINO2/c16-12-8-11(17)2-3-13(12)18-9-10-1-4-14-15(7-10)20-6-5-19-14/h1-4,7-8,18H,5-6,9H2. The fraction of sp³-hybridized carbons (Fsp3) is 0.200. The maximum atomic E-state index is 6.20. The zero-order valence-corrected chi connectivity index (χ0v) is 13.6. The second kappa shape index (κ2) is 6.10. The third-order valence-corrected chi connectivity index (χ3v) is 4.00. The zero-order valence-electron chi connectivity index (χ0n) is 10.7. The highest BCUT2D eigenvalue weighted by Gasteiger charge is 2.11. The first-order valence-electron chi connectivity index (χ1n) is 6.30. The summed E-state index contributed by atoms with van der Waals surface area (Å²) >= 11 is 8.44. The van der Waals surface area contributed by atoms with Crippen molar-refractivity contribution in [3.05, 3.63) is 50.6 Å². The average Bonchev–Trinajstić information content (AvgIpc) is 2.46. The number of nitrogens with one attached hydrogen (secondary N) is 1. The first kappa shape index (κ1) is 13.8. The van der Waals surface area contributed by atoms with Crippen molar-refractivity contribution in [2.75, 3.05) is 18.5 Å². The van der Waals surface area contributed by atoms with Crippen LogP contribution in [0.4, 0.5) is 5.69 Å². The summed E-state index contributed by atoms with van der Waals surface area (Å²) in [5, 5.41) is 4.06. The Morgan fingerprint density at radius 2 is 1.85 bits per heavy atom. The van der Waals surface area contributed by atoms with E-state index in [-0.39, 0.29) is 0 Å². The van der Waals surface area contributed by atoms with E-state index in [0.717, 1.165) is 31.3 Å². The zero-order chi connectivity index (χ0) is 13.9. The van der Waals surface area contributed by atoms with E-state index < -0.39 is 0 Å². The van der Waals surface area contributed by atoms with Crippen LogP contribution in [0.15, 0.2) is 36.4 Å². The second-order valence-electron chi connectivity index (χ2n) is 4.46. The number of fused-ring (bicyclic) bond motifs is 1. The molecule has 0 atom stereocenters. The fourth-order valence-electron chi connectivity index (χ4n) is 2.03. The minimum Gasteiger partial charge on any atom is -0.486 e. The number of hydrogen-bond donors (Lipinski definition) is 1. The van der Waals surface area contributed by atoms with Crippen LogP contribution < -0.4 is 14.8 Å². The predicted molar refractivity (Wildman–Crippen MR) is 88.9 cm³/mol. The van der Waals surface area contributed by atoms with Crippen molar-refractivity contribution in [1.29, 1.82) is 0 Å². The minimum atomic E-state index is 0.604. The SMILES string of the molecule is Clc1cc(I)ccc1NCc1ccc2c(c1)OCCO2. The van der Waals surface area contributed by atoms with Crippen molar-refractivity contribution in [3.8, 4) is 11.5 Å². The van der Waals surface area contributed by atoms with Gasteiger partial charge >= 0.3 is 0 Å². The van der Waals surface area contributed by atoms with Crippen molar-refractivity contribution in [3.63, 3.8) is 0 Å². The van der Waals surface area contributed by atoms with Crippen LogP contribution in [-0.4, -0.2) is 13.2 Å². The van der Waals surface area contributed by atoms with Gasteiger partial charge in [0.1, 0.15) is 13.2 Å². The molecule has 104 valence electrons. The highest BCUT2D eigenvalue weighted by molar-refractivity contribution is 14.1. The molecule has 0 saturated heterocycles. The van der Waals surface area contributed by atoms with Gasteiger partial charge in [0.05, 0.1) is 10.7 Å². The van der Waals surface area contributed by atoms with Gasteiger partial charge in [0, 0.05) is 10.1 Å². The molecule has 0 unspecified atom stereocenters. The van der Waals surface area contributed by atoms with Gasteiger partial charge < -0.3 is 14.8 Å². The Labute approximate surface area is 136 Å². The van der Waals surface area contributed by atoms with Crippen LogP contribution in [-0.2, 0) is 6.54 Å². The maximum absolute atomic E-state index is 6.20. The van der Waals surface area contributed by atoms with Gasteiger partial charge in [-0.2, -0.15) is 0 Å². The molecule has 0 fully saturated rings. The fourth-order valence-corrected chi connectivity index (χ4v) is 2.95. The van der Waals surface area contributed by atoms with Gasteiger partial charge in [-0.15, -0.1) is 0 Å². The average molecular weight is 402 g/mol. The summed E-state index contributed by atoms with van der Waals surface area (Å²) in [5.41, 5.74) is 2.06. The highest BCUT2D eigenvalue weighted by Crippen LogP contribution is 2.31. The van der Waals surface area contributed by atoms with Gasteiger partial charge in [-0.05, 0) is 58.5 Å². The van der Waals surface area contributed by atoms with Crippen LogP contribution in [0.1, 0.15) is 5.56 Å². The number of rotatable bonds is 3. The van der Waals surface area contributed by atoms with Crippen LogP contribution in [0.25, 0.3) is 0 Å². The van der Waals surface area contributed by atoms with Gasteiger partial charge in [0.15, 0.2) is 11.5 Å². The summed E-state index contributed by atoms with van der Waals surface area (Å²) in [6, 6.07) is 11.9. The number of benzene rings is 2. The van der Waals surface area contributed by atoms with Crippen molar-refractivity contribution >= 4 is 39.9 Å². The molecule has 1 N–H and O–H groups in total. The van der Waals surface area contributed by atoms with Crippen LogP contribution in [0.3, 0.4) is 0 Å². The van der Waals surface area contributed by atoms with Crippen LogP contribution in [0, 0.1) is 3.57 Å². The summed E-state index contributed by atoms with van der Waals surface area (Å²) in [4.78, 5) is 0. The molecule has 0 radical (unpaired) electrons. The molecule has 20 heavy (non-hydrogen) atoms. The minimum absolute atomic E-state index is 0.604. The predicted octanol–water partition coefficient (Wildman–Crippen LogP) is 4.33. The number of halogens is 2. The number of hydrogen-bond acceptors (Lipinski definition) is 3. The summed E-state index contributed by atoms with van der Waals surface area (Å²) < 4.78 is 12.2. The molecular weight excluding hydrogens is 389 g/mol. The third-order valence-electron chi connectivity index (χ3n) is 3.02. The first-order valence-corrected chi connectivity index (χ1v) is 7.75. The summed E-state index contributed by atoms with van der Waals surface area (Å²) in [6.45, 7) is 1.91. The molecule has 2 aromatic rings. The molecule has 0 bridgehead atoms. The monoisotopic (exact) mass is 401 g/mol. The molecule has 1 aliphatic heterocycles. The van der Waals surface area contributed by atoms with E-state index in [0.29, 0.717) is 19.8 Å². The van der Waals surface area contributed by atoms with E-state index in [1.165, 1.54) is 0 Å². The lowest BCUT2D eigenvalue weighted by Gasteiger charge is -2.19. The van der Waals surface area contributed by atoms with Crippen molar-refractivity contribution in [2.24, 2.45) is 0 Å². The van der Waals surface area contributed by atoms with Gasteiger partial charge in [0.2, 0.25) is 0 Å². The summed E-state index contributed by atoms with van der Waals surface area (Å²) in [6.07, 6.45) is 0. The molecule has 0 saturated carbocycles. The molecule has 5 heteroatoms. The van der Waals surface area contributed by atoms with E-state index >= 15 is 0 Å².